The maximum absolute atomic E-state index is 6.16. The van der Waals surface area contributed by atoms with E-state index in [1.807, 2.05) is 0 Å². The molecular formula is C12H13Cl2N. The molecule has 2 N–H and O–H groups in total. The van der Waals surface area contributed by atoms with Crippen molar-refractivity contribution in [3.63, 3.8) is 0 Å². The Hall–Kier alpha value is -0.660. The van der Waals surface area contributed by atoms with Crippen molar-refractivity contribution in [3.8, 4) is 0 Å². The van der Waals surface area contributed by atoms with E-state index in [0.29, 0.717) is 15.7 Å². The Morgan fingerprint density at radius 3 is 2.27 bits per heavy atom. The van der Waals surface area contributed by atoms with Crippen LogP contribution in [0.25, 0.3) is 5.57 Å². The Balaban J connectivity index is 2.47. The molecule has 80 valence electrons. The average Bonchev–Trinajstić information content (AvgIpc) is 2.17. The Labute approximate surface area is 99.9 Å². The summed E-state index contributed by atoms with van der Waals surface area (Å²) in [5, 5.41) is 1.32. The van der Waals surface area contributed by atoms with Gasteiger partial charge in [0.05, 0.1) is 10.0 Å². The minimum atomic E-state index is 0.616. The van der Waals surface area contributed by atoms with Gasteiger partial charge in [-0.1, -0.05) is 29.3 Å². The standard InChI is InChI=1S/C12H13Cl2N/c13-10-6-9(15)7-11(14)12(10)8-4-2-1-3-5-8/h4,6-7H,1-3,5,15H2. The first-order chi connectivity index (χ1) is 7.18. The fourth-order valence-corrected chi connectivity index (χ4v) is 2.71. The number of nitrogen functional groups attached to an aromatic ring is 1. The maximum Gasteiger partial charge on any atom is 0.0516 e. The Morgan fingerprint density at radius 1 is 1.07 bits per heavy atom. The van der Waals surface area contributed by atoms with Crippen molar-refractivity contribution in [3.05, 3.63) is 33.8 Å². The predicted octanol–water partition coefficient (Wildman–Crippen LogP) is 4.53. The van der Waals surface area contributed by atoms with Crippen LogP contribution in [0.15, 0.2) is 18.2 Å². The molecule has 0 atom stereocenters. The van der Waals surface area contributed by atoms with Crippen molar-refractivity contribution in [2.45, 2.75) is 25.7 Å². The molecule has 0 bridgehead atoms. The van der Waals surface area contributed by atoms with Gasteiger partial charge in [-0.05, 0) is 43.4 Å². The second kappa shape index (κ2) is 4.46. The van der Waals surface area contributed by atoms with E-state index in [1.165, 1.54) is 18.4 Å². The van der Waals surface area contributed by atoms with Crippen LogP contribution in [-0.4, -0.2) is 0 Å². The van der Waals surface area contributed by atoms with Gasteiger partial charge in [0.25, 0.3) is 0 Å². The number of rotatable bonds is 1. The molecule has 1 aromatic carbocycles. The zero-order valence-corrected chi connectivity index (χ0v) is 9.91. The molecule has 0 radical (unpaired) electrons. The summed E-state index contributed by atoms with van der Waals surface area (Å²) in [7, 11) is 0. The number of allylic oxidation sites excluding steroid dienone is 2. The van der Waals surface area contributed by atoms with E-state index in [9.17, 15) is 0 Å². The minimum absolute atomic E-state index is 0.616. The van der Waals surface area contributed by atoms with Gasteiger partial charge in [0, 0.05) is 11.3 Å². The molecule has 0 aromatic heterocycles. The first-order valence-corrected chi connectivity index (χ1v) is 5.88. The van der Waals surface area contributed by atoms with Gasteiger partial charge >= 0.3 is 0 Å². The molecule has 1 aromatic rings. The van der Waals surface area contributed by atoms with Crippen LogP contribution in [0.3, 0.4) is 0 Å². The normalized spacial score (nSPS) is 16.3. The largest absolute Gasteiger partial charge is 0.399 e. The predicted molar refractivity (Wildman–Crippen MR) is 67.3 cm³/mol. The summed E-state index contributed by atoms with van der Waals surface area (Å²) in [6, 6.07) is 3.52. The van der Waals surface area contributed by atoms with Crippen LogP contribution in [0.4, 0.5) is 5.69 Å². The number of hydrogen-bond acceptors (Lipinski definition) is 1. The lowest BCUT2D eigenvalue weighted by Gasteiger charge is -2.16. The fourth-order valence-electron chi connectivity index (χ4n) is 1.96. The van der Waals surface area contributed by atoms with Gasteiger partial charge in [0.15, 0.2) is 0 Å². The molecule has 1 nitrogen and oxygen atoms in total. The molecule has 2 rings (SSSR count). The molecule has 0 unspecified atom stereocenters. The number of benzene rings is 1. The van der Waals surface area contributed by atoms with Crippen LogP contribution < -0.4 is 5.73 Å². The van der Waals surface area contributed by atoms with Crippen molar-refractivity contribution < 1.29 is 0 Å². The van der Waals surface area contributed by atoms with Crippen LogP contribution >= 0.6 is 23.2 Å². The molecule has 0 amide bonds. The van der Waals surface area contributed by atoms with Gasteiger partial charge in [-0.3, -0.25) is 0 Å². The molecule has 0 saturated heterocycles. The quantitative estimate of drug-likeness (QED) is 0.719. The second-order valence-corrected chi connectivity index (χ2v) is 4.65. The lowest BCUT2D eigenvalue weighted by atomic mass is 9.93. The summed E-state index contributed by atoms with van der Waals surface area (Å²) in [6.45, 7) is 0. The van der Waals surface area contributed by atoms with Crippen LogP contribution in [0, 0.1) is 0 Å². The summed E-state index contributed by atoms with van der Waals surface area (Å²) in [4.78, 5) is 0. The Kier molecular flexibility index (Phi) is 3.22. The number of hydrogen-bond donors (Lipinski definition) is 1. The second-order valence-electron chi connectivity index (χ2n) is 3.83. The number of halogens is 2. The SMILES string of the molecule is Nc1cc(Cl)c(C2=CCCCC2)c(Cl)c1. The summed E-state index contributed by atoms with van der Waals surface area (Å²) in [5.41, 5.74) is 8.51. The van der Waals surface area contributed by atoms with Crippen molar-refractivity contribution in [2.24, 2.45) is 0 Å². The molecule has 0 heterocycles. The molecule has 1 aliphatic rings. The fraction of sp³-hybridized carbons (Fsp3) is 0.333. The van der Waals surface area contributed by atoms with Gasteiger partial charge in [-0.15, -0.1) is 0 Å². The van der Waals surface area contributed by atoms with Gasteiger partial charge in [-0.2, -0.15) is 0 Å². The first-order valence-electron chi connectivity index (χ1n) is 5.12. The molecule has 0 spiro atoms. The average molecular weight is 242 g/mol. The Bertz CT molecular complexity index is 387. The Morgan fingerprint density at radius 2 is 1.73 bits per heavy atom. The summed E-state index contributed by atoms with van der Waals surface area (Å²) >= 11 is 12.3. The molecule has 0 saturated carbocycles. The van der Waals surface area contributed by atoms with Gasteiger partial charge in [0.1, 0.15) is 0 Å². The lowest BCUT2D eigenvalue weighted by molar-refractivity contribution is 0.742. The molecule has 0 fully saturated rings. The molecule has 0 aliphatic heterocycles. The highest BCUT2D eigenvalue weighted by Crippen LogP contribution is 2.37. The highest BCUT2D eigenvalue weighted by Gasteiger charge is 2.13. The summed E-state index contributed by atoms with van der Waals surface area (Å²) in [6.07, 6.45) is 6.87. The van der Waals surface area contributed by atoms with Gasteiger partial charge in [-0.25, -0.2) is 0 Å². The number of nitrogens with two attached hydrogens (primary N) is 1. The molecular weight excluding hydrogens is 229 g/mol. The van der Waals surface area contributed by atoms with Crippen LogP contribution in [-0.2, 0) is 0 Å². The third-order valence-electron chi connectivity index (χ3n) is 2.68. The highest BCUT2D eigenvalue weighted by atomic mass is 35.5. The molecule has 15 heavy (non-hydrogen) atoms. The van der Waals surface area contributed by atoms with Gasteiger partial charge < -0.3 is 5.73 Å². The molecule has 1 aliphatic carbocycles. The number of anilines is 1. The van der Waals surface area contributed by atoms with E-state index in [1.54, 1.807) is 12.1 Å². The third-order valence-corrected chi connectivity index (χ3v) is 3.27. The topological polar surface area (TPSA) is 26.0 Å². The zero-order chi connectivity index (χ0) is 10.8. The molecule has 3 heteroatoms. The monoisotopic (exact) mass is 241 g/mol. The van der Waals surface area contributed by atoms with Crippen molar-refractivity contribution in [1.29, 1.82) is 0 Å². The lowest BCUT2D eigenvalue weighted by Crippen LogP contribution is -1.95. The van der Waals surface area contributed by atoms with Crippen molar-refractivity contribution in [2.75, 3.05) is 5.73 Å². The van der Waals surface area contributed by atoms with Crippen molar-refractivity contribution >= 4 is 34.5 Å². The highest BCUT2D eigenvalue weighted by molar-refractivity contribution is 6.38. The zero-order valence-electron chi connectivity index (χ0n) is 8.39. The van der Waals surface area contributed by atoms with E-state index < -0.39 is 0 Å². The van der Waals surface area contributed by atoms with Crippen LogP contribution in [0.2, 0.25) is 10.0 Å². The maximum atomic E-state index is 6.16. The van der Waals surface area contributed by atoms with Crippen LogP contribution in [0.5, 0.6) is 0 Å². The summed E-state index contributed by atoms with van der Waals surface area (Å²) < 4.78 is 0. The van der Waals surface area contributed by atoms with E-state index in [2.05, 4.69) is 6.08 Å². The summed E-state index contributed by atoms with van der Waals surface area (Å²) in [5.74, 6) is 0. The smallest absolute Gasteiger partial charge is 0.0516 e. The van der Waals surface area contributed by atoms with Crippen LogP contribution in [0.1, 0.15) is 31.2 Å². The van der Waals surface area contributed by atoms with E-state index in [-0.39, 0.29) is 0 Å². The first kappa shape index (κ1) is 10.8. The van der Waals surface area contributed by atoms with Crippen molar-refractivity contribution in [1.82, 2.24) is 0 Å². The minimum Gasteiger partial charge on any atom is -0.399 e. The van der Waals surface area contributed by atoms with E-state index in [4.69, 9.17) is 28.9 Å². The van der Waals surface area contributed by atoms with Gasteiger partial charge in [0.2, 0.25) is 0 Å². The van der Waals surface area contributed by atoms with E-state index >= 15 is 0 Å². The third kappa shape index (κ3) is 2.30. The van der Waals surface area contributed by atoms with E-state index in [0.717, 1.165) is 18.4 Å².